The average molecular weight is 480 g/mol. The minimum atomic E-state index is -0.617. The van der Waals surface area contributed by atoms with Crippen molar-refractivity contribution in [2.75, 3.05) is 13.1 Å². The van der Waals surface area contributed by atoms with Crippen molar-refractivity contribution in [1.82, 2.24) is 15.1 Å². The number of hydrogen-bond donors (Lipinski definition) is 1. The van der Waals surface area contributed by atoms with E-state index in [9.17, 15) is 19.2 Å². The van der Waals surface area contributed by atoms with Crippen LogP contribution in [0.4, 0.5) is 4.79 Å². The smallest absolute Gasteiger partial charge is 0.410 e. The van der Waals surface area contributed by atoms with Gasteiger partial charge in [0.15, 0.2) is 0 Å². The van der Waals surface area contributed by atoms with Crippen molar-refractivity contribution >= 4 is 29.4 Å². The Kier molecular flexibility index (Phi) is 5.73. The molecule has 1 unspecified atom stereocenters. The summed E-state index contributed by atoms with van der Waals surface area (Å²) in [6, 6.07) is 5.32. The van der Waals surface area contributed by atoms with Crippen molar-refractivity contribution in [1.29, 1.82) is 0 Å². The summed E-state index contributed by atoms with van der Waals surface area (Å²) in [6.07, 6.45) is 6.72. The van der Waals surface area contributed by atoms with E-state index in [0.29, 0.717) is 31.6 Å². The van der Waals surface area contributed by atoms with Gasteiger partial charge in [0.25, 0.3) is 5.91 Å². The van der Waals surface area contributed by atoms with Crippen LogP contribution in [0.2, 0.25) is 0 Å². The average Bonchev–Trinajstić information content (AvgIpc) is 3.37. The second-order valence-corrected chi connectivity index (χ2v) is 11.2. The fraction of sp³-hybridized carbons (Fsp3) is 0.556. The molecular weight excluding hydrogens is 446 g/mol. The fourth-order valence-electron chi connectivity index (χ4n) is 6.04. The number of amides is 4. The SMILES string of the molecule is CC(C)(C)OC(=O)N1CC=C(c2ccc3c(c2)CN(C2CCC(=O)NC2=O)C3=O)C2(CCCC2)C1. The Morgan fingerprint density at radius 2 is 1.89 bits per heavy atom. The molecule has 0 aromatic heterocycles. The lowest BCUT2D eigenvalue weighted by molar-refractivity contribution is -0.136. The van der Waals surface area contributed by atoms with Crippen molar-refractivity contribution in [3.8, 4) is 0 Å². The molecule has 186 valence electrons. The van der Waals surface area contributed by atoms with Gasteiger partial charge < -0.3 is 14.5 Å². The summed E-state index contributed by atoms with van der Waals surface area (Å²) < 4.78 is 5.64. The van der Waals surface area contributed by atoms with E-state index in [1.165, 1.54) is 5.57 Å². The van der Waals surface area contributed by atoms with Crippen LogP contribution >= 0.6 is 0 Å². The highest BCUT2D eigenvalue weighted by molar-refractivity contribution is 6.05. The number of benzene rings is 1. The molecule has 8 nitrogen and oxygen atoms in total. The lowest BCUT2D eigenvalue weighted by Crippen LogP contribution is -2.52. The first kappa shape index (κ1) is 23.6. The zero-order valence-electron chi connectivity index (χ0n) is 20.7. The van der Waals surface area contributed by atoms with Crippen molar-refractivity contribution < 1.29 is 23.9 Å². The van der Waals surface area contributed by atoms with Crippen LogP contribution in [0.1, 0.15) is 80.8 Å². The third-order valence-electron chi connectivity index (χ3n) is 7.63. The van der Waals surface area contributed by atoms with E-state index in [4.69, 9.17) is 4.74 Å². The number of nitrogens with one attached hydrogen (secondary N) is 1. The summed E-state index contributed by atoms with van der Waals surface area (Å²) in [7, 11) is 0. The Hall–Kier alpha value is -3.16. The lowest BCUT2D eigenvalue weighted by atomic mass is 9.72. The Balaban J connectivity index is 1.40. The quantitative estimate of drug-likeness (QED) is 0.654. The van der Waals surface area contributed by atoms with Crippen LogP contribution in [-0.4, -0.2) is 58.3 Å². The number of imide groups is 1. The van der Waals surface area contributed by atoms with Crippen LogP contribution in [0.5, 0.6) is 0 Å². The van der Waals surface area contributed by atoms with E-state index in [1.807, 2.05) is 37.8 Å². The van der Waals surface area contributed by atoms with Crippen LogP contribution in [-0.2, 0) is 20.9 Å². The fourth-order valence-corrected chi connectivity index (χ4v) is 6.04. The molecule has 3 heterocycles. The Labute approximate surface area is 205 Å². The zero-order chi connectivity index (χ0) is 25.0. The van der Waals surface area contributed by atoms with Crippen LogP contribution in [0, 0.1) is 5.41 Å². The maximum Gasteiger partial charge on any atom is 0.410 e. The Morgan fingerprint density at radius 3 is 2.57 bits per heavy atom. The first-order chi connectivity index (χ1) is 16.6. The number of ether oxygens (including phenoxy) is 1. The highest BCUT2D eigenvalue weighted by Gasteiger charge is 2.44. The predicted octanol–water partition coefficient (Wildman–Crippen LogP) is 3.64. The zero-order valence-corrected chi connectivity index (χ0v) is 20.7. The van der Waals surface area contributed by atoms with Crippen molar-refractivity contribution in [3.05, 3.63) is 41.0 Å². The van der Waals surface area contributed by atoms with Gasteiger partial charge in [-0.25, -0.2) is 4.79 Å². The number of carbonyl (C=O) groups is 4. The third-order valence-corrected chi connectivity index (χ3v) is 7.63. The van der Waals surface area contributed by atoms with E-state index >= 15 is 0 Å². The largest absolute Gasteiger partial charge is 0.444 e. The summed E-state index contributed by atoms with van der Waals surface area (Å²) >= 11 is 0. The molecule has 8 heteroatoms. The van der Waals surface area contributed by atoms with E-state index in [-0.39, 0.29) is 29.7 Å². The van der Waals surface area contributed by atoms with Gasteiger partial charge in [-0.3, -0.25) is 19.7 Å². The topological polar surface area (TPSA) is 96.0 Å². The van der Waals surface area contributed by atoms with Gasteiger partial charge in [-0.1, -0.05) is 25.0 Å². The van der Waals surface area contributed by atoms with Crippen molar-refractivity contribution in [2.24, 2.45) is 5.41 Å². The molecule has 2 fully saturated rings. The molecule has 1 saturated heterocycles. The van der Waals surface area contributed by atoms with Crippen LogP contribution in [0.3, 0.4) is 0 Å². The molecule has 0 bridgehead atoms. The summed E-state index contributed by atoms with van der Waals surface area (Å²) in [5, 5.41) is 2.35. The molecule has 1 N–H and O–H groups in total. The number of hydrogen-bond acceptors (Lipinski definition) is 5. The predicted molar refractivity (Wildman–Crippen MR) is 129 cm³/mol. The molecule has 1 spiro atoms. The van der Waals surface area contributed by atoms with Gasteiger partial charge in [0.2, 0.25) is 11.8 Å². The second-order valence-electron chi connectivity index (χ2n) is 11.2. The van der Waals surface area contributed by atoms with E-state index in [1.54, 1.807) is 4.90 Å². The maximum atomic E-state index is 13.1. The third kappa shape index (κ3) is 4.34. The highest BCUT2D eigenvalue weighted by atomic mass is 16.6. The minimum Gasteiger partial charge on any atom is -0.444 e. The number of piperidine rings is 1. The summed E-state index contributed by atoms with van der Waals surface area (Å²) in [5.74, 6) is -0.848. The van der Waals surface area contributed by atoms with Crippen molar-refractivity contribution in [2.45, 2.75) is 77.5 Å². The number of fused-ring (bicyclic) bond motifs is 1. The van der Waals surface area contributed by atoms with Gasteiger partial charge in [-0.05, 0) is 68.9 Å². The highest BCUT2D eigenvalue weighted by Crippen LogP contribution is 2.51. The molecule has 35 heavy (non-hydrogen) atoms. The normalized spacial score (nSPS) is 23.9. The maximum absolute atomic E-state index is 13.1. The van der Waals surface area contributed by atoms with Gasteiger partial charge in [0, 0.05) is 37.0 Å². The Morgan fingerprint density at radius 1 is 1.14 bits per heavy atom. The molecular formula is C27H33N3O5. The molecule has 1 aliphatic carbocycles. The molecule has 1 aromatic rings. The molecule has 1 aromatic carbocycles. The molecule has 4 aliphatic rings. The number of rotatable bonds is 2. The van der Waals surface area contributed by atoms with Gasteiger partial charge in [0.05, 0.1) is 0 Å². The van der Waals surface area contributed by atoms with E-state index in [0.717, 1.165) is 36.8 Å². The van der Waals surface area contributed by atoms with Gasteiger partial charge in [-0.2, -0.15) is 0 Å². The summed E-state index contributed by atoms with van der Waals surface area (Å²) in [5.41, 5.74) is 3.18. The van der Waals surface area contributed by atoms with Gasteiger partial charge in [-0.15, -0.1) is 0 Å². The lowest BCUT2D eigenvalue weighted by Gasteiger charge is -2.41. The second kappa shape index (κ2) is 8.50. The molecule has 1 saturated carbocycles. The monoisotopic (exact) mass is 479 g/mol. The van der Waals surface area contributed by atoms with E-state index < -0.39 is 17.6 Å². The summed E-state index contributed by atoms with van der Waals surface area (Å²) in [4.78, 5) is 53.2. The van der Waals surface area contributed by atoms with Crippen molar-refractivity contribution in [3.63, 3.8) is 0 Å². The van der Waals surface area contributed by atoms with E-state index in [2.05, 4.69) is 17.5 Å². The number of nitrogens with zero attached hydrogens (tertiary/aromatic N) is 2. The first-order valence-electron chi connectivity index (χ1n) is 12.5. The van der Waals surface area contributed by atoms with Crippen LogP contribution in [0.15, 0.2) is 24.3 Å². The molecule has 5 rings (SSSR count). The summed E-state index contributed by atoms with van der Waals surface area (Å²) in [6.45, 7) is 7.12. The first-order valence-corrected chi connectivity index (χ1v) is 12.5. The number of carbonyl (C=O) groups excluding carboxylic acids is 4. The molecule has 0 radical (unpaired) electrons. The van der Waals surface area contributed by atoms with Gasteiger partial charge in [0.1, 0.15) is 11.6 Å². The molecule has 1 atom stereocenters. The minimum absolute atomic E-state index is 0.116. The van der Waals surface area contributed by atoms with Crippen LogP contribution < -0.4 is 5.32 Å². The molecule has 3 aliphatic heterocycles. The Bertz CT molecular complexity index is 1130. The standard InChI is InChI=1S/C27H33N3O5/c1-26(2,3)35-25(34)29-13-10-20(27(16-29)11-4-5-12-27)17-6-7-19-18(14-17)15-30(24(19)33)21-8-9-22(31)28-23(21)32/h6-7,10,14,21H,4-5,8-9,11-13,15-16H2,1-3H3,(H,28,31,32). The molecule has 4 amide bonds. The van der Waals surface area contributed by atoms with Gasteiger partial charge >= 0.3 is 6.09 Å². The van der Waals surface area contributed by atoms with Crippen LogP contribution in [0.25, 0.3) is 5.57 Å².